The van der Waals surface area contributed by atoms with Gasteiger partial charge in [-0.1, -0.05) is 71.9 Å². The third-order valence-electron chi connectivity index (χ3n) is 2.31. The van der Waals surface area contributed by atoms with Crippen molar-refractivity contribution >= 4 is 28.3 Å². The van der Waals surface area contributed by atoms with Crippen LogP contribution in [0.3, 0.4) is 0 Å². The molecule has 0 amide bonds. The topological polar surface area (TPSA) is 0 Å². The summed E-state index contributed by atoms with van der Waals surface area (Å²) in [5.41, 5.74) is 1.16. The Labute approximate surface area is 111 Å². The molecule has 0 aliphatic carbocycles. The van der Waals surface area contributed by atoms with E-state index >= 15 is 0 Å². The first-order valence-electron chi connectivity index (χ1n) is 5.42. The standard InChI is InChI=1S/C15H13ClS/c1-12(16)15(13-8-4-2-5-9-13)17-14-10-6-3-7-11-14/h2-11H,1H3/b15-12+. The zero-order valence-electron chi connectivity index (χ0n) is 9.56. The van der Waals surface area contributed by atoms with Crippen molar-refractivity contribution in [2.45, 2.75) is 11.8 Å². The van der Waals surface area contributed by atoms with Crippen LogP contribution in [0, 0.1) is 0 Å². The Hall–Kier alpha value is -1.18. The van der Waals surface area contributed by atoms with Crippen molar-refractivity contribution in [3.63, 3.8) is 0 Å². The van der Waals surface area contributed by atoms with Crippen LogP contribution >= 0.6 is 23.4 Å². The van der Waals surface area contributed by atoms with Crippen LogP contribution in [0.2, 0.25) is 0 Å². The number of benzene rings is 2. The Morgan fingerprint density at radius 1 is 0.882 bits per heavy atom. The van der Waals surface area contributed by atoms with E-state index in [4.69, 9.17) is 11.6 Å². The number of hydrogen-bond donors (Lipinski definition) is 0. The van der Waals surface area contributed by atoms with Gasteiger partial charge in [0.05, 0.1) is 0 Å². The van der Waals surface area contributed by atoms with Crippen molar-refractivity contribution in [1.82, 2.24) is 0 Å². The van der Waals surface area contributed by atoms with E-state index < -0.39 is 0 Å². The monoisotopic (exact) mass is 260 g/mol. The predicted octanol–water partition coefficient (Wildman–Crippen LogP) is 5.41. The van der Waals surface area contributed by atoms with E-state index in [-0.39, 0.29) is 0 Å². The van der Waals surface area contributed by atoms with Gasteiger partial charge < -0.3 is 0 Å². The van der Waals surface area contributed by atoms with Gasteiger partial charge in [-0.2, -0.15) is 0 Å². The van der Waals surface area contributed by atoms with Crippen LogP contribution in [-0.4, -0.2) is 0 Å². The SMILES string of the molecule is C/C(Cl)=C(\Sc1ccccc1)c1ccccc1. The van der Waals surface area contributed by atoms with Crippen molar-refractivity contribution in [2.24, 2.45) is 0 Å². The molecule has 0 nitrogen and oxygen atoms in total. The lowest BCUT2D eigenvalue weighted by Crippen LogP contribution is -1.81. The molecule has 0 heterocycles. The molecule has 86 valence electrons. The number of rotatable bonds is 3. The highest BCUT2D eigenvalue weighted by atomic mass is 35.5. The molecular weight excluding hydrogens is 248 g/mol. The van der Waals surface area contributed by atoms with Gasteiger partial charge in [-0.25, -0.2) is 0 Å². The van der Waals surface area contributed by atoms with E-state index in [2.05, 4.69) is 24.3 Å². The molecule has 2 rings (SSSR count). The Morgan fingerprint density at radius 3 is 1.94 bits per heavy atom. The minimum atomic E-state index is 0.824. The summed E-state index contributed by atoms with van der Waals surface area (Å²) in [4.78, 5) is 2.31. The summed E-state index contributed by atoms with van der Waals surface area (Å²) < 4.78 is 0. The molecule has 2 heteroatoms. The number of allylic oxidation sites excluding steroid dienone is 1. The van der Waals surface area contributed by atoms with Gasteiger partial charge in [0.25, 0.3) is 0 Å². The molecule has 0 saturated heterocycles. The minimum Gasteiger partial charge on any atom is -0.0883 e. The lowest BCUT2D eigenvalue weighted by Gasteiger charge is -2.08. The van der Waals surface area contributed by atoms with Gasteiger partial charge >= 0.3 is 0 Å². The smallest absolute Gasteiger partial charge is 0.0337 e. The van der Waals surface area contributed by atoms with Gasteiger partial charge in [0, 0.05) is 14.8 Å². The van der Waals surface area contributed by atoms with Crippen molar-refractivity contribution < 1.29 is 0 Å². The van der Waals surface area contributed by atoms with Crippen molar-refractivity contribution in [3.05, 3.63) is 71.3 Å². The Kier molecular flexibility index (Phi) is 4.29. The largest absolute Gasteiger partial charge is 0.0883 e. The normalized spacial score (nSPS) is 12.1. The van der Waals surface area contributed by atoms with Crippen LogP contribution in [0.5, 0.6) is 0 Å². The molecule has 2 aromatic carbocycles. The number of halogens is 1. The lowest BCUT2D eigenvalue weighted by molar-refractivity contribution is 1.47. The molecule has 2 aromatic rings. The average molecular weight is 261 g/mol. The summed E-state index contributed by atoms with van der Waals surface area (Å²) in [6, 6.07) is 20.5. The summed E-state index contributed by atoms with van der Waals surface area (Å²) in [6.07, 6.45) is 0. The molecular formula is C15H13ClS. The molecule has 0 unspecified atom stereocenters. The maximum atomic E-state index is 6.19. The number of thioether (sulfide) groups is 1. The third-order valence-corrected chi connectivity index (χ3v) is 3.87. The lowest BCUT2D eigenvalue weighted by atomic mass is 10.2. The van der Waals surface area contributed by atoms with Crippen molar-refractivity contribution in [2.75, 3.05) is 0 Å². The zero-order chi connectivity index (χ0) is 12.1. The van der Waals surface area contributed by atoms with Gasteiger partial charge in [-0.15, -0.1) is 0 Å². The summed E-state index contributed by atoms with van der Waals surface area (Å²) in [7, 11) is 0. The maximum Gasteiger partial charge on any atom is 0.0337 e. The van der Waals surface area contributed by atoms with E-state index in [1.807, 2.05) is 43.3 Å². The van der Waals surface area contributed by atoms with E-state index in [1.54, 1.807) is 11.8 Å². The molecule has 0 N–H and O–H groups in total. The van der Waals surface area contributed by atoms with Crippen LogP contribution in [0.4, 0.5) is 0 Å². The molecule has 0 atom stereocenters. The van der Waals surface area contributed by atoms with Gasteiger partial charge in [0.1, 0.15) is 0 Å². The van der Waals surface area contributed by atoms with E-state index in [0.717, 1.165) is 15.5 Å². The fourth-order valence-electron chi connectivity index (χ4n) is 1.52. The Bertz CT molecular complexity index is 499. The first-order valence-corrected chi connectivity index (χ1v) is 6.61. The molecule has 0 aliphatic heterocycles. The highest BCUT2D eigenvalue weighted by Crippen LogP contribution is 2.37. The van der Waals surface area contributed by atoms with Crippen LogP contribution < -0.4 is 0 Å². The quantitative estimate of drug-likeness (QED) is 0.665. The van der Waals surface area contributed by atoms with Crippen LogP contribution in [0.1, 0.15) is 12.5 Å². The number of hydrogen-bond acceptors (Lipinski definition) is 1. The third kappa shape index (κ3) is 3.39. The average Bonchev–Trinajstić information content (AvgIpc) is 2.38. The van der Waals surface area contributed by atoms with Crippen molar-refractivity contribution in [1.29, 1.82) is 0 Å². The van der Waals surface area contributed by atoms with E-state index in [1.165, 1.54) is 4.90 Å². The van der Waals surface area contributed by atoms with Crippen LogP contribution in [-0.2, 0) is 0 Å². The van der Waals surface area contributed by atoms with Gasteiger partial charge in [-0.05, 0) is 24.6 Å². The molecule has 0 fully saturated rings. The van der Waals surface area contributed by atoms with Crippen LogP contribution in [0.25, 0.3) is 4.91 Å². The second-order valence-electron chi connectivity index (χ2n) is 3.64. The van der Waals surface area contributed by atoms with E-state index in [9.17, 15) is 0 Å². The fourth-order valence-corrected chi connectivity index (χ4v) is 2.67. The van der Waals surface area contributed by atoms with Gasteiger partial charge in [-0.3, -0.25) is 0 Å². The van der Waals surface area contributed by atoms with Gasteiger partial charge in [0.15, 0.2) is 0 Å². The Balaban J connectivity index is 2.31. The van der Waals surface area contributed by atoms with Gasteiger partial charge in [0.2, 0.25) is 0 Å². The molecule has 0 bridgehead atoms. The highest BCUT2D eigenvalue weighted by Gasteiger charge is 2.06. The second kappa shape index (κ2) is 5.95. The maximum absolute atomic E-state index is 6.19. The molecule has 0 saturated carbocycles. The molecule has 17 heavy (non-hydrogen) atoms. The predicted molar refractivity (Wildman–Crippen MR) is 77.2 cm³/mol. The first-order chi connectivity index (χ1) is 8.27. The van der Waals surface area contributed by atoms with E-state index in [0.29, 0.717) is 0 Å². The second-order valence-corrected chi connectivity index (χ2v) is 5.29. The molecule has 0 spiro atoms. The minimum absolute atomic E-state index is 0.824. The fraction of sp³-hybridized carbons (Fsp3) is 0.0667. The molecule has 0 aromatic heterocycles. The summed E-state index contributed by atoms with van der Waals surface area (Å²) in [6.45, 7) is 1.93. The Morgan fingerprint density at radius 2 is 1.41 bits per heavy atom. The molecule has 0 radical (unpaired) electrons. The highest BCUT2D eigenvalue weighted by molar-refractivity contribution is 8.08. The summed E-state index contributed by atoms with van der Waals surface area (Å²) in [5.74, 6) is 0. The zero-order valence-corrected chi connectivity index (χ0v) is 11.1. The summed E-state index contributed by atoms with van der Waals surface area (Å²) >= 11 is 7.88. The van der Waals surface area contributed by atoms with Crippen molar-refractivity contribution in [3.8, 4) is 0 Å². The summed E-state index contributed by atoms with van der Waals surface area (Å²) in [5, 5.41) is 0.824. The first kappa shape index (κ1) is 12.3. The van der Waals surface area contributed by atoms with Crippen LogP contribution in [0.15, 0.2) is 70.6 Å². The molecule has 0 aliphatic rings.